The van der Waals surface area contributed by atoms with Gasteiger partial charge in [-0.05, 0) is 19.1 Å². The van der Waals surface area contributed by atoms with Gasteiger partial charge >= 0.3 is 11.9 Å². The first-order valence-corrected chi connectivity index (χ1v) is 6.06. The lowest BCUT2D eigenvalue weighted by atomic mass is 10.3. The number of aliphatic carboxylic acids is 2. The van der Waals surface area contributed by atoms with Gasteiger partial charge in [0.25, 0.3) is 5.91 Å². The zero-order chi connectivity index (χ0) is 15.6. The number of rotatable bonds is 5. The number of amides is 1. The van der Waals surface area contributed by atoms with Crippen LogP contribution in [0.5, 0.6) is 0 Å². The van der Waals surface area contributed by atoms with Gasteiger partial charge in [0, 0.05) is 11.9 Å². The van der Waals surface area contributed by atoms with Crippen molar-refractivity contribution in [1.82, 2.24) is 14.3 Å². The lowest BCUT2D eigenvalue weighted by Gasteiger charge is -2.16. The summed E-state index contributed by atoms with van der Waals surface area (Å²) in [6.07, 6.45) is 1.46. The maximum absolute atomic E-state index is 12.2. The van der Waals surface area contributed by atoms with Gasteiger partial charge in [-0.2, -0.15) is 0 Å². The number of carboxylic acids is 2. The first-order valence-electron chi connectivity index (χ1n) is 6.06. The lowest BCUT2D eigenvalue weighted by Crippen LogP contribution is -2.39. The van der Waals surface area contributed by atoms with E-state index in [0.29, 0.717) is 5.65 Å². The van der Waals surface area contributed by atoms with Crippen molar-refractivity contribution in [2.24, 2.45) is 0 Å². The fourth-order valence-electron chi connectivity index (χ4n) is 1.94. The monoisotopic (exact) mass is 291 g/mol. The second kappa shape index (κ2) is 5.61. The molecule has 0 aromatic carbocycles. The standard InChI is InChI=1S/C13H13N3O5/c1-8-3-2-4-10-14-9(5-16(8)10)13(21)15(6-11(17)18)7-12(19)20/h2-5H,6-7H2,1H3,(H,17,18)(H,19,20). The number of carboxylic acid groups (broad SMARTS) is 2. The SMILES string of the molecule is Cc1cccc2nc(C(=O)N(CC(=O)O)CC(=O)O)cn12. The van der Waals surface area contributed by atoms with Crippen molar-refractivity contribution in [1.29, 1.82) is 0 Å². The van der Waals surface area contributed by atoms with Crippen LogP contribution < -0.4 is 0 Å². The van der Waals surface area contributed by atoms with Gasteiger partial charge in [-0.3, -0.25) is 14.4 Å². The molecule has 0 saturated heterocycles. The van der Waals surface area contributed by atoms with E-state index >= 15 is 0 Å². The van der Waals surface area contributed by atoms with Crippen LogP contribution >= 0.6 is 0 Å². The number of aryl methyl sites for hydroxylation is 1. The normalized spacial score (nSPS) is 10.5. The Morgan fingerprint density at radius 2 is 1.81 bits per heavy atom. The molecule has 8 nitrogen and oxygen atoms in total. The van der Waals surface area contributed by atoms with E-state index in [1.165, 1.54) is 6.20 Å². The average molecular weight is 291 g/mol. The number of hydrogen-bond donors (Lipinski definition) is 2. The van der Waals surface area contributed by atoms with Crippen LogP contribution in [-0.4, -0.2) is 55.4 Å². The number of pyridine rings is 1. The largest absolute Gasteiger partial charge is 0.480 e. The average Bonchev–Trinajstić information content (AvgIpc) is 2.81. The van der Waals surface area contributed by atoms with Gasteiger partial charge in [0.1, 0.15) is 24.4 Å². The fraction of sp³-hybridized carbons (Fsp3) is 0.231. The van der Waals surface area contributed by atoms with Crippen molar-refractivity contribution in [2.75, 3.05) is 13.1 Å². The lowest BCUT2D eigenvalue weighted by molar-refractivity contribution is -0.140. The minimum Gasteiger partial charge on any atom is -0.480 e. The molecule has 0 saturated carbocycles. The number of imidazole rings is 1. The molecule has 0 atom stereocenters. The van der Waals surface area contributed by atoms with Gasteiger partial charge in [0.15, 0.2) is 0 Å². The molecule has 8 heteroatoms. The summed E-state index contributed by atoms with van der Waals surface area (Å²) in [5.41, 5.74) is 1.39. The molecule has 21 heavy (non-hydrogen) atoms. The molecular formula is C13H13N3O5. The molecule has 0 bridgehead atoms. The van der Waals surface area contributed by atoms with Crippen LogP contribution in [0.4, 0.5) is 0 Å². The van der Waals surface area contributed by atoms with Crippen molar-refractivity contribution in [3.05, 3.63) is 35.8 Å². The van der Waals surface area contributed by atoms with E-state index in [1.54, 1.807) is 16.5 Å². The van der Waals surface area contributed by atoms with Gasteiger partial charge in [0.2, 0.25) is 0 Å². The van der Waals surface area contributed by atoms with Crippen molar-refractivity contribution < 1.29 is 24.6 Å². The van der Waals surface area contributed by atoms with Crippen LogP contribution in [0.3, 0.4) is 0 Å². The van der Waals surface area contributed by atoms with Crippen molar-refractivity contribution >= 4 is 23.5 Å². The molecule has 0 fully saturated rings. The Hall–Kier alpha value is -2.90. The van der Waals surface area contributed by atoms with Crippen LogP contribution in [-0.2, 0) is 9.59 Å². The third-order valence-corrected chi connectivity index (χ3v) is 2.85. The van der Waals surface area contributed by atoms with E-state index in [9.17, 15) is 14.4 Å². The van der Waals surface area contributed by atoms with Crippen molar-refractivity contribution in [3.63, 3.8) is 0 Å². The van der Waals surface area contributed by atoms with E-state index in [1.807, 2.05) is 13.0 Å². The summed E-state index contributed by atoms with van der Waals surface area (Å²) in [5, 5.41) is 17.5. The number of hydrogen-bond acceptors (Lipinski definition) is 4. The summed E-state index contributed by atoms with van der Waals surface area (Å²) in [5.74, 6) is -3.31. The predicted octanol–water partition coefficient (Wildman–Crippen LogP) is 0.254. The van der Waals surface area contributed by atoms with E-state index < -0.39 is 30.9 Å². The Balaban J connectivity index is 2.35. The summed E-state index contributed by atoms with van der Waals surface area (Å²) in [6, 6.07) is 5.30. The van der Waals surface area contributed by atoms with Crippen molar-refractivity contribution in [3.8, 4) is 0 Å². The number of nitrogens with zero attached hydrogens (tertiary/aromatic N) is 3. The number of carbonyl (C=O) groups excluding carboxylic acids is 1. The second-order valence-electron chi connectivity index (χ2n) is 4.47. The summed E-state index contributed by atoms with van der Waals surface area (Å²) in [6.45, 7) is 0.436. The molecule has 0 aliphatic carbocycles. The van der Waals surface area contributed by atoms with E-state index in [0.717, 1.165) is 10.6 Å². The van der Waals surface area contributed by atoms with Gasteiger partial charge in [-0.25, -0.2) is 4.98 Å². The minimum atomic E-state index is -1.29. The van der Waals surface area contributed by atoms with Crippen LogP contribution in [0.25, 0.3) is 5.65 Å². The number of aromatic nitrogens is 2. The van der Waals surface area contributed by atoms with Gasteiger partial charge < -0.3 is 19.5 Å². The molecule has 110 valence electrons. The van der Waals surface area contributed by atoms with E-state index in [-0.39, 0.29) is 5.69 Å². The van der Waals surface area contributed by atoms with Gasteiger partial charge in [0.05, 0.1) is 0 Å². The fourth-order valence-corrected chi connectivity index (χ4v) is 1.94. The second-order valence-corrected chi connectivity index (χ2v) is 4.47. The summed E-state index contributed by atoms with van der Waals surface area (Å²) in [7, 11) is 0. The molecule has 0 aliphatic rings. The first-order chi connectivity index (χ1) is 9.88. The smallest absolute Gasteiger partial charge is 0.323 e. The highest BCUT2D eigenvalue weighted by atomic mass is 16.4. The Kier molecular flexibility index (Phi) is 3.88. The van der Waals surface area contributed by atoms with Crippen LogP contribution in [0.2, 0.25) is 0 Å². The highest BCUT2D eigenvalue weighted by Crippen LogP contribution is 2.10. The van der Waals surface area contributed by atoms with Gasteiger partial charge in [-0.15, -0.1) is 0 Å². The molecule has 2 aromatic rings. The molecule has 0 radical (unpaired) electrons. The zero-order valence-corrected chi connectivity index (χ0v) is 11.2. The summed E-state index contributed by atoms with van der Waals surface area (Å²) >= 11 is 0. The molecule has 1 amide bonds. The Morgan fingerprint density at radius 3 is 2.33 bits per heavy atom. The van der Waals surface area contributed by atoms with Crippen LogP contribution in [0.15, 0.2) is 24.4 Å². The Morgan fingerprint density at radius 1 is 1.19 bits per heavy atom. The number of fused-ring (bicyclic) bond motifs is 1. The molecule has 0 spiro atoms. The minimum absolute atomic E-state index is 0.00630. The third-order valence-electron chi connectivity index (χ3n) is 2.85. The van der Waals surface area contributed by atoms with Crippen LogP contribution in [0.1, 0.15) is 16.2 Å². The molecule has 2 heterocycles. The van der Waals surface area contributed by atoms with Crippen LogP contribution in [0, 0.1) is 6.92 Å². The summed E-state index contributed by atoms with van der Waals surface area (Å²) < 4.78 is 1.67. The first kappa shape index (κ1) is 14.5. The molecule has 2 rings (SSSR count). The third kappa shape index (κ3) is 3.16. The predicted molar refractivity (Wildman–Crippen MR) is 71.1 cm³/mol. The number of carbonyl (C=O) groups is 3. The molecule has 0 aliphatic heterocycles. The Labute approximate surface area is 119 Å². The zero-order valence-electron chi connectivity index (χ0n) is 11.2. The topological polar surface area (TPSA) is 112 Å². The quantitative estimate of drug-likeness (QED) is 0.816. The van der Waals surface area contributed by atoms with E-state index in [2.05, 4.69) is 4.98 Å². The summed E-state index contributed by atoms with van der Waals surface area (Å²) in [4.78, 5) is 38.5. The van der Waals surface area contributed by atoms with E-state index in [4.69, 9.17) is 10.2 Å². The molecule has 2 N–H and O–H groups in total. The molecule has 0 unspecified atom stereocenters. The Bertz CT molecular complexity index is 706. The highest BCUT2D eigenvalue weighted by Gasteiger charge is 2.23. The maximum Gasteiger partial charge on any atom is 0.323 e. The van der Waals surface area contributed by atoms with Gasteiger partial charge in [-0.1, -0.05) is 6.07 Å². The van der Waals surface area contributed by atoms with Crippen molar-refractivity contribution in [2.45, 2.75) is 6.92 Å². The molecule has 2 aromatic heterocycles. The maximum atomic E-state index is 12.2. The highest BCUT2D eigenvalue weighted by molar-refractivity contribution is 5.96. The molecular weight excluding hydrogens is 278 g/mol.